The third-order valence-corrected chi connectivity index (χ3v) is 5.73. The second kappa shape index (κ2) is 10.4. The molecule has 0 bridgehead atoms. The lowest BCUT2D eigenvalue weighted by Gasteiger charge is -2.16. The molecule has 1 aromatic rings. The molecule has 1 aliphatic carbocycles. The third-order valence-electron chi connectivity index (χ3n) is 4.34. The summed E-state index contributed by atoms with van der Waals surface area (Å²) in [6.45, 7) is 2.57. The number of hydrogen-bond acceptors (Lipinski definition) is 3. The first-order chi connectivity index (χ1) is 11.3. The summed E-state index contributed by atoms with van der Waals surface area (Å²) in [7, 11) is 1.83. The molecule has 0 spiro atoms. The van der Waals surface area contributed by atoms with Gasteiger partial charge in [-0.05, 0) is 43.4 Å². The molecule has 134 valence electrons. The van der Waals surface area contributed by atoms with E-state index in [0.717, 1.165) is 42.6 Å². The van der Waals surface area contributed by atoms with Gasteiger partial charge in [-0.15, -0.1) is 24.0 Å². The van der Waals surface area contributed by atoms with Crippen LogP contribution in [0.15, 0.2) is 29.3 Å². The van der Waals surface area contributed by atoms with Gasteiger partial charge < -0.3 is 15.4 Å². The van der Waals surface area contributed by atoms with E-state index in [1.165, 1.54) is 37.0 Å². The number of thioether (sulfide) groups is 1. The normalized spacial score (nSPS) is 20.4. The number of ether oxygens (including phenoxy) is 1. The molecule has 1 aliphatic heterocycles. The minimum absolute atomic E-state index is 0. The molecule has 2 N–H and O–H groups in total. The van der Waals surface area contributed by atoms with Crippen LogP contribution in [0.5, 0.6) is 5.75 Å². The van der Waals surface area contributed by atoms with Crippen molar-refractivity contribution in [3.63, 3.8) is 0 Å². The molecular weight excluding hydrogens is 433 g/mol. The van der Waals surface area contributed by atoms with Gasteiger partial charge in [0.25, 0.3) is 0 Å². The second-order valence-corrected chi connectivity index (χ2v) is 7.71. The lowest BCUT2D eigenvalue weighted by Crippen LogP contribution is -2.39. The summed E-state index contributed by atoms with van der Waals surface area (Å²) in [6, 6.07) is 8.28. The fraction of sp³-hybridized carbons (Fsp3) is 0.611. The van der Waals surface area contributed by atoms with Crippen LogP contribution in [-0.2, 0) is 6.54 Å². The third kappa shape index (κ3) is 6.35. The van der Waals surface area contributed by atoms with Crippen LogP contribution in [0.1, 0.15) is 31.2 Å². The summed E-state index contributed by atoms with van der Waals surface area (Å²) in [5.41, 5.74) is 1.19. The number of nitrogens with zero attached hydrogens (tertiary/aromatic N) is 1. The predicted octanol–water partition coefficient (Wildman–Crippen LogP) is 3.65. The van der Waals surface area contributed by atoms with Gasteiger partial charge in [-0.25, -0.2) is 0 Å². The lowest BCUT2D eigenvalue weighted by atomic mass is 10.2. The molecule has 6 heteroatoms. The van der Waals surface area contributed by atoms with E-state index in [0.29, 0.717) is 0 Å². The van der Waals surface area contributed by atoms with Crippen LogP contribution in [0.2, 0.25) is 0 Å². The van der Waals surface area contributed by atoms with Crippen LogP contribution in [0.25, 0.3) is 0 Å². The van der Waals surface area contributed by atoms with E-state index in [9.17, 15) is 0 Å². The Kier molecular flexibility index (Phi) is 8.52. The first-order valence-electron chi connectivity index (χ1n) is 8.62. The summed E-state index contributed by atoms with van der Waals surface area (Å²) in [5, 5.41) is 7.57. The van der Waals surface area contributed by atoms with Gasteiger partial charge in [0.05, 0.1) is 6.61 Å². The molecule has 1 saturated carbocycles. The molecule has 2 fully saturated rings. The van der Waals surface area contributed by atoms with E-state index in [4.69, 9.17) is 4.74 Å². The van der Waals surface area contributed by atoms with Crippen LogP contribution < -0.4 is 15.4 Å². The van der Waals surface area contributed by atoms with Crippen LogP contribution in [-0.4, -0.2) is 37.2 Å². The fourth-order valence-corrected chi connectivity index (χ4v) is 3.90. The maximum Gasteiger partial charge on any atom is 0.191 e. The summed E-state index contributed by atoms with van der Waals surface area (Å²) < 4.78 is 5.96. The van der Waals surface area contributed by atoms with Gasteiger partial charge in [0.2, 0.25) is 0 Å². The Labute approximate surface area is 166 Å². The van der Waals surface area contributed by atoms with Gasteiger partial charge in [-0.2, -0.15) is 11.8 Å². The summed E-state index contributed by atoms with van der Waals surface area (Å²) in [6.07, 6.45) is 5.29. The highest BCUT2D eigenvalue weighted by molar-refractivity contribution is 14.0. The van der Waals surface area contributed by atoms with E-state index in [-0.39, 0.29) is 24.0 Å². The summed E-state index contributed by atoms with van der Waals surface area (Å²) in [5.74, 6) is 3.93. The van der Waals surface area contributed by atoms with Crippen molar-refractivity contribution in [1.29, 1.82) is 0 Å². The molecule has 1 unspecified atom stereocenters. The van der Waals surface area contributed by atoms with E-state index in [2.05, 4.69) is 45.6 Å². The number of guanidine groups is 1. The molecule has 0 aromatic heterocycles. The highest BCUT2D eigenvalue weighted by Crippen LogP contribution is 2.30. The Morgan fingerprint density at radius 2 is 2.08 bits per heavy atom. The highest BCUT2D eigenvalue weighted by atomic mass is 127. The van der Waals surface area contributed by atoms with Crippen molar-refractivity contribution >= 4 is 41.7 Å². The molecular formula is C18H28IN3OS. The van der Waals surface area contributed by atoms with E-state index in [1.807, 2.05) is 13.1 Å². The van der Waals surface area contributed by atoms with Crippen molar-refractivity contribution in [2.24, 2.45) is 10.9 Å². The van der Waals surface area contributed by atoms with Gasteiger partial charge >= 0.3 is 0 Å². The molecule has 1 heterocycles. The zero-order valence-corrected chi connectivity index (χ0v) is 17.4. The van der Waals surface area contributed by atoms with Gasteiger partial charge in [0.1, 0.15) is 5.75 Å². The van der Waals surface area contributed by atoms with E-state index >= 15 is 0 Å². The van der Waals surface area contributed by atoms with Gasteiger partial charge in [0, 0.05) is 31.0 Å². The van der Waals surface area contributed by atoms with Crippen LogP contribution in [0.4, 0.5) is 0 Å². The maximum atomic E-state index is 5.96. The molecule has 4 nitrogen and oxygen atoms in total. The Bertz CT molecular complexity index is 531. The van der Waals surface area contributed by atoms with Crippen LogP contribution in [0.3, 0.4) is 0 Å². The Hall–Kier alpha value is -0.630. The first kappa shape index (κ1) is 19.7. The number of benzene rings is 1. The van der Waals surface area contributed by atoms with Crippen molar-refractivity contribution in [3.05, 3.63) is 29.8 Å². The lowest BCUT2D eigenvalue weighted by molar-refractivity contribution is 0.296. The minimum Gasteiger partial charge on any atom is -0.493 e. The Morgan fingerprint density at radius 1 is 1.25 bits per heavy atom. The topological polar surface area (TPSA) is 45.7 Å². The molecule has 3 rings (SSSR count). The smallest absolute Gasteiger partial charge is 0.191 e. The Morgan fingerprint density at radius 3 is 2.79 bits per heavy atom. The van der Waals surface area contributed by atoms with Crippen molar-refractivity contribution in [2.75, 3.05) is 26.0 Å². The average molecular weight is 461 g/mol. The molecule has 1 atom stereocenters. The van der Waals surface area contributed by atoms with Crippen LogP contribution >= 0.6 is 35.7 Å². The zero-order valence-electron chi connectivity index (χ0n) is 14.3. The summed E-state index contributed by atoms with van der Waals surface area (Å²) >= 11 is 2.06. The van der Waals surface area contributed by atoms with Crippen molar-refractivity contribution in [1.82, 2.24) is 10.6 Å². The molecule has 0 amide bonds. The van der Waals surface area contributed by atoms with Gasteiger partial charge in [-0.1, -0.05) is 18.2 Å². The number of nitrogens with one attached hydrogen (secondary N) is 2. The SMILES string of the molecule is CN=C(NCc1ccccc1OCC1CC1)NCC1CCCS1.I. The standard InChI is InChI=1S/C18H27N3OS.HI/c1-19-18(21-12-16-6-4-10-23-16)20-11-15-5-2-3-7-17(15)22-13-14-8-9-14;/h2-3,5,7,14,16H,4,6,8-13H2,1H3,(H2,19,20,21);1H. The predicted molar refractivity (Wildman–Crippen MR) is 114 cm³/mol. The van der Waals surface area contributed by atoms with Gasteiger partial charge in [-0.3, -0.25) is 4.99 Å². The van der Waals surface area contributed by atoms with Crippen molar-refractivity contribution in [3.8, 4) is 5.75 Å². The average Bonchev–Trinajstić information content (AvgIpc) is 3.27. The molecule has 1 aromatic carbocycles. The minimum atomic E-state index is 0. The highest BCUT2D eigenvalue weighted by Gasteiger charge is 2.22. The number of halogens is 1. The quantitative estimate of drug-likeness (QED) is 0.370. The first-order valence-corrected chi connectivity index (χ1v) is 9.67. The monoisotopic (exact) mass is 461 g/mol. The zero-order chi connectivity index (χ0) is 15.9. The number of hydrogen-bond donors (Lipinski definition) is 2. The Balaban J connectivity index is 0.00000208. The molecule has 0 radical (unpaired) electrons. The number of para-hydroxylation sites is 1. The number of aliphatic imine (C=N–C) groups is 1. The summed E-state index contributed by atoms with van der Waals surface area (Å²) in [4.78, 5) is 4.32. The number of rotatable bonds is 7. The largest absolute Gasteiger partial charge is 0.493 e. The van der Waals surface area contributed by atoms with E-state index < -0.39 is 0 Å². The fourth-order valence-electron chi connectivity index (χ4n) is 2.70. The molecule has 2 aliphatic rings. The maximum absolute atomic E-state index is 5.96. The van der Waals surface area contributed by atoms with Gasteiger partial charge in [0.15, 0.2) is 5.96 Å². The molecule has 24 heavy (non-hydrogen) atoms. The van der Waals surface area contributed by atoms with Crippen molar-refractivity contribution < 1.29 is 4.74 Å². The molecule has 1 saturated heterocycles. The second-order valence-electron chi connectivity index (χ2n) is 6.30. The van der Waals surface area contributed by atoms with Crippen molar-refractivity contribution in [2.45, 2.75) is 37.5 Å². The van der Waals surface area contributed by atoms with Crippen LogP contribution in [0, 0.1) is 5.92 Å². The van der Waals surface area contributed by atoms with E-state index in [1.54, 1.807) is 0 Å².